The molecule has 6 heteroatoms. The highest BCUT2D eigenvalue weighted by molar-refractivity contribution is 6.31. The maximum absolute atomic E-state index is 12.9. The highest BCUT2D eigenvalue weighted by atomic mass is 35.5. The van der Waals surface area contributed by atoms with E-state index in [2.05, 4.69) is 11.1 Å². The molecule has 2 aromatic carbocycles. The van der Waals surface area contributed by atoms with Gasteiger partial charge in [0.05, 0.1) is 12.7 Å². The largest absolute Gasteiger partial charge is 0.496 e. The number of amides is 1. The fraction of sp³-hybridized carbons (Fsp3) is 0.286. The Labute approximate surface area is 168 Å². The normalized spacial score (nSPS) is 15.3. The van der Waals surface area contributed by atoms with Gasteiger partial charge in [0, 0.05) is 45.6 Å². The zero-order valence-corrected chi connectivity index (χ0v) is 16.5. The second-order valence-electron chi connectivity index (χ2n) is 6.87. The van der Waals surface area contributed by atoms with Gasteiger partial charge in [0.15, 0.2) is 0 Å². The minimum absolute atomic E-state index is 0.0313. The van der Waals surface area contributed by atoms with Crippen LogP contribution in [0.5, 0.6) is 5.75 Å². The lowest BCUT2D eigenvalue weighted by Crippen LogP contribution is -2.38. The van der Waals surface area contributed by atoms with Gasteiger partial charge in [0.1, 0.15) is 5.75 Å². The smallest absolute Gasteiger partial charge is 0.257 e. The van der Waals surface area contributed by atoms with E-state index in [4.69, 9.17) is 27.9 Å². The Morgan fingerprint density at radius 2 is 1.78 bits per heavy atom. The number of likely N-dealkylation sites (tertiary alicyclic amines) is 1. The van der Waals surface area contributed by atoms with Gasteiger partial charge in [-0.2, -0.15) is 0 Å². The number of ether oxygens (including phenoxy) is 1. The molecule has 0 unspecified atom stereocenters. The first-order chi connectivity index (χ1) is 13.0. The Balaban J connectivity index is 1.48. The molecule has 3 aromatic rings. The van der Waals surface area contributed by atoms with E-state index in [0.29, 0.717) is 35.3 Å². The topological polar surface area (TPSA) is 45.3 Å². The van der Waals surface area contributed by atoms with Crippen molar-refractivity contribution >= 4 is 40.0 Å². The number of hydrogen-bond donors (Lipinski definition) is 1. The molecule has 1 aliphatic rings. The van der Waals surface area contributed by atoms with Crippen LogP contribution in [0.15, 0.2) is 42.5 Å². The number of piperidine rings is 1. The molecule has 0 saturated carbocycles. The Hall–Kier alpha value is -2.17. The molecule has 0 bridgehead atoms. The molecule has 27 heavy (non-hydrogen) atoms. The van der Waals surface area contributed by atoms with Crippen molar-refractivity contribution in [3.63, 3.8) is 0 Å². The van der Waals surface area contributed by atoms with Gasteiger partial charge < -0.3 is 14.6 Å². The van der Waals surface area contributed by atoms with Crippen LogP contribution >= 0.6 is 23.2 Å². The Kier molecular flexibility index (Phi) is 5.02. The zero-order chi connectivity index (χ0) is 19.0. The van der Waals surface area contributed by atoms with Crippen LogP contribution in [0.25, 0.3) is 10.9 Å². The molecular formula is C21H20Cl2N2O2. The van der Waals surface area contributed by atoms with E-state index in [9.17, 15) is 4.79 Å². The maximum Gasteiger partial charge on any atom is 0.257 e. The SMILES string of the molecule is COc1ccc(Cl)cc1C(=O)N1CCC(c2cc3cc(Cl)ccc3[nH]2)CC1. The van der Waals surface area contributed by atoms with Crippen LogP contribution < -0.4 is 4.74 Å². The van der Waals surface area contributed by atoms with Crippen LogP contribution in [-0.4, -0.2) is 36.0 Å². The molecule has 1 fully saturated rings. The van der Waals surface area contributed by atoms with Gasteiger partial charge in [-0.15, -0.1) is 0 Å². The molecule has 0 spiro atoms. The van der Waals surface area contributed by atoms with E-state index in [0.717, 1.165) is 28.8 Å². The molecular weight excluding hydrogens is 383 g/mol. The molecule has 1 aliphatic heterocycles. The molecule has 1 saturated heterocycles. The number of aromatic nitrogens is 1. The number of carbonyl (C=O) groups is 1. The van der Waals surface area contributed by atoms with Crippen molar-refractivity contribution in [2.24, 2.45) is 0 Å². The summed E-state index contributed by atoms with van der Waals surface area (Å²) >= 11 is 12.2. The predicted molar refractivity (Wildman–Crippen MR) is 109 cm³/mol. The average Bonchev–Trinajstić information content (AvgIpc) is 3.10. The van der Waals surface area contributed by atoms with Crippen molar-refractivity contribution < 1.29 is 9.53 Å². The lowest BCUT2D eigenvalue weighted by Gasteiger charge is -2.32. The van der Waals surface area contributed by atoms with Gasteiger partial charge >= 0.3 is 0 Å². The number of nitrogens with zero attached hydrogens (tertiary/aromatic N) is 1. The summed E-state index contributed by atoms with van der Waals surface area (Å²) in [6.07, 6.45) is 1.82. The summed E-state index contributed by atoms with van der Waals surface area (Å²) in [6.45, 7) is 1.41. The van der Waals surface area contributed by atoms with E-state index in [-0.39, 0.29) is 5.91 Å². The summed E-state index contributed by atoms with van der Waals surface area (Å²) in [5.74, 6) is 0.928. The first-order valence-electron chi connectivity index (χ1n) is 8.96. The third-order valence-corrected chi connectivity index (χ3v) is 5.69. The van der Waals surface area contributed by atoms with Crippen molar-refractivity contribution in [2.75, 3.05) is 20.2 Å². The Morgan fingerprint density at radius 1 is 1.07 bits per heavy atom. The lowest BCUT2D eigenvalue weighted by atomic mass is 9.93. The minimum atomic E-state index is -0.0313. The van der Waals surface area contributed by atoms with E-state index >= 15 is 0 Å². The van der Waals surface area contributed by atoms with Gasteiger partial charge in [0.2, 0.25) is 0 Å². The van der Waals surface area contributed by atoms with Gasteiger partial charge in [-0.05, 0) is 55.3 Å². The minimum Gasteiger partial charge on any atom is -0.496 e. The number of rotatable bonds is 3. The first-order valence-corrected chi connectivity index (χ1v) is 9.72. The van der Waals surface area contributed by atoms with Crippen molar-refractivity contribution in [3.8, 4) is 5.75 Å². The Bertz CT molecular complexity index is 991. The number of nitrogens with one attached hydrogen (secondary N) is 1. The first kappa shape index (κ1) is 18.2. The number of halogens is 2. The van der Waals surface area contributed by atoms with Gasteiger partial charge in [-0.1, -0.05) is 23.2 Å². The summed E-state index contributed by atoms with van der Waals surface area (Å²) in [6, 6.07) is 13.2. The van der Waals surface area contributed by atoms with Crippen molar-refractivity contribution in [3.05, 3.63) is 63.8 Å². The third kappa shape index (κ3) is 3.64. The van der Waals surface area contributed by atoms with Gasteiger partial charge in [0.25, 0.3) is 5.91 Å². The quantitative estimate of drug-likeness (QED) is 0.628. The molecule has 140 valence electrons. The molecule has 1 amide bonds. The highest BCUT2D eigenvalue weighted by Gasteiger charge is 2.27. The second kappa shape index (κ2) is 7.45. The van der Waals surface area contributed by atoms with Crippen LogP contribution in [0.3, 0.4) is 0 Å². The van der Waals surface area contributed by atoms with Crippen LogP contribution in [-0.2, 0) is 0 Å². The third-order valence-electron chi connectivity index (χ3n) is 5.22. The molecule has 4 nitrogen and oxygen atoms in total. The van der Waals surface area contributed by atoms with Gasteiger partial charge in [-0.3, -0.25) is 4.79 Å². The molecule has 4 rings (SSSR count). The Morgan fingerprint density at radius 3 is 2.52 bits per heavy atom. The van der Waals surface area contributed by atoms with Crippen LogP contribution in [0, 0.1) is 0 Å². The van der Waals surface area contributed by atoms with E-state index in [1.165, 1.54) is 5.69 Å². The number of benzene rings is 2. The average molecular weight is 403 g/mol. The molecule has 1 N–H and O–H groups in total. The molecule has 2 heterocycles. The van der Waals surface area contributed by atoms with Crippen molar-refractivity contribution in [1.82, 2.24) is 9.88 Å². The van der Waals surface area contributed by atoms with Gasteiger partial charge in [-0.25, -0.2) is 0 Å². The summed E-state index contributed by atoms with van der Waals surface area (Å²) in [4.78, 5) is 18.3. The maximum atomic E-state index is 12.9. The summed E-state index contributed by atoms with van der Waals surface area (Å²) in [7, 11) is 1.56. The highest BCUT2D eigenvalue weighted by Crippen LogP contribution is 2.32. The van der Waals surface area contributed by atoms with Crippen molar-refractivity contribution in [1.29, 1.82) is 0 Å². The van der Waals surface area contributed by atoms with Crippen LogP contribution in [0.2, 0.25) is 10.0 Å². The second-order valence-corrected chi connectivity index (χ2v) is 7.74. The summed E-state index contributed by atoms with van der Waals surface area (Å²) in [5, 5.41) is 2.40. The number of carbonyl (C=O) groups excluding carboxylic acids is 1. The van der Waals surface area contributed by atoms with E-state index in [1.54, 1.807) is 25.3 Å². The zero-order valence-electron chi connectivity index (χ0n) is 15.0. The molecule has 0 aliphatic carbocycles. The standard InChI is InChI=1S/C21H20Cl2N2O2/c1-27-20-5-3-16(23)12-17(20)21(26)25-8-6-13(7-9-25)19-11-14-10-15(22)2-4-18(14)24-19/h2-5,10-13,24H,6-9H2,1H3. The molecule has 0 atom stereocenters. The summed E-state index contributed by atoms with van der Waals surface area (Å²) < 4.78 is 5.32. The molecule has 0 radical (unpaired) electrons. The van der Waals surface area contributed by atoms with Crippen LogP contribution in [0.1, 0.15) is 34.8 Å². The number of aromatic amines is 1. The van der Waals surface area contributed by atoms with E-state index < -0.39 is 0 Å². The molecule has 1 aromatic heterocycles. The van der Waals surface area contributed by atoms with E-state index in [1.807, 2.05) is 23.1 Å². The number of methoxy groups -OCH3 is 1. The lowest BCUT2D eigenvalue weighted by molar-refractivity contribution is 0.0709. The fourth-order valence-electron chi connectivity index (χ4n) is 3.76. The summed E-state index contributed by atoms with van der Waals surface area (Å²) in [5.41, 5.74) is 2.82. The monoisotopic (exact) mass is 402 g/mol. The number of fused-ring (bicyclic) bond motifs is 1. The predicted octanol–water partition coefficient (Wildman–Crippen LogP) is 5.50. The number of hydrogen-bond acceptors (Lipinski definition) is 2. The van der Waals surface area contributed by atoms with Crippen molar-refractivity contribution in [2.45, 2.75) is 18.8 Å². The number of H-pyrrole nitrogens is 1. The fourth-order valence-corrected chi connectivity index (χ4v) is 4.11. The van der Waals surface area contributed by atoms with Crippen LogP contribution in [0.4, 0.5) is 0 Å².